The molecule has 1 nitrogen and oxygen atoms in total. The molecule has 0 heterocycles. The normalized spacial score (nSPS) is 12.4. The third kappa shape index (κ3) is 3.17. The van der Waals surface area contributed by atoms with Crippen molar-refractivity contribution in [3.63, 3.8) is 0 Å². The molecule has 0 aromatic heterocycles. The van der Waals surface area contributed by atoms with Crippen LogP contribution in [0.15, 0.2) is 36.4 Å². The molecule has 0 aliphatic heterocycles. The van der Waals surface area contributed by atoms with E-state index in [0.29, 0.717) is 12.1 Å². The Balaban J connectivity index is 2.44. The molecule has 0 radical (unpaired) electrons. The highest BCUT2D eigenvalue weighted by molar-refractivity contribution is 6.30. The van der Waals surface area contributed by atoms with E-state index < -0.39 is 5.82 Å². The Morgan fingerprint density at radius 1 is 1.05 bits per heavy atom. The summed E-state index contributed by atoms with van der Waals surface area (Å²) in [4.78, 5) is 0. The summed E-state index contributed by atoms with van der Waals surface area (Å²) in [5, 5.41) is 3.33. The first-order chi connectivity index (χ1) is 9.52. The zero-order valence-electron chi connectivity index (χ0n) is 11.4. The smallest absolute Gasteiger partial charge is 0.141 e. The van der Waals surface area contributed by atoms with Gasteiger partial charge in [-0.25, -0.2) is 8.78 Å². The van der Waals surface area contributed by atoms with E-state index in [1.165, 1.54) is 12.1 Å². The van der Waals surface area contributed by atoms with Gasteiger partial charge in [-0.15, -0.1) is 0 Å². The molecule has 0 fully saturated rings. The zero-order chi connectivity index (χ0) is 14.7. The van der Waals surface area contributed by atoms with Crippen molar-refractivity contribution < 1.29 is 8.78 Å². The van der Waals surface area contributed by atoms with Crippen LogP contribution in [0.2, 0.25) is 5.02 Å². The summed E-state index contributed by atoms with van der Waals surface area (Å²) < 4.78 is 27.0. The summed E-state index contributed by atoms with van der Waals surface area (Å²) in [6.45, 7) is 4.38. The van der Waals surface area contributed by atoms with Crippen molar-refractivity contribution in [2.45, 2.75) is 19.9 Å². The number of rotatable bonds is 4. The molecule has 1 atom stereocenters. The van der Waals surface area contributed by atoms with Crippen LogP contribution < -0.4 is 5.32 Å². The molecule has 0 saturated heterocycles. The summed E-state index contributed by atoms with van der Waals surface area (Å²) >= 11 is 5.83. The van der Waals surface area contributed by atoms with Crippen LogP contribution in [-0.4, -0.2) is 6.54 Å². The van der Waals surface area contributed by atoms with Gasteiger partial charge in [-0.3, -0.25) is 0 Å². The molecule has 2 rings (SSSR count). The summed E-state index contributed by atoms with van der Waals surface area (Å²) in [7, 11) is 0. The molecule has 1 N–H and O–H groups in total. The first-order valence-electron chi connectivity index (χ1n) is 6.47. The van der Waals surface area contributed by atoms with Gasteiger partial charge in [0.25, 0.3) is 0 Å². The van der Waals surface area contributed by atoms with Gasteiger partial charge in [0.1, 0.15) is 11.6 Å². The maximum atomic E-state index is 13.7. The largest absolute Gasteiger partial charge is 0.307 e. The Kier molecular flexibility index (Phi) is 4.73. The van der Waals surface area contributed by atoms with Crippen LogP contribution in [0.25, 0.3) is 0 Å². The lowest BCUT2D eigenvalue weighted by molar-refractivity contribution is 0.594. The van der Waals surface area contributed by atoms with Crippen LogP contribution in [0.4, 0.5) is 8.78 Å². The van der Waals surface area contributed by atoms with Gasteiger partial charge in [0.2, 0.25) is 0 Å². The Morgan fingerprint density at radius 2 is 1.70 bits per heavy atom. The van der Waals surface area contributed by atoms with Gasteiger partial charge < -0.3 is 5.32 Å². The summed E-state index contributed by atoms with van der Waals surface area (Å²) in [6, 6.07) is 9.44. The van der Waals surface area contributed by atoms with Gasteiger partial charge in [0.05, 0.1) is 11.1 Å². The fourth-order valence-corrected chi connectivity index (χ4v) is 2.30. The average molecular weight is 296 g/mol. The molecule has 2 aromatic rings. The minimum absolute atomic E-state index is 0.0676. The Bertz CT molecular complexity index is 562. The van der Waals surface area contributed by atoms with Crippen LogP contribution in [0.1, 0.15) is 29.7 Å². The average Bonchev–Trinajstić information content (AvgIpc) is 2.43. The highest BCUT2D eigenvalue weighted by Gasteiger charge is 2.15. The highest BCUT2D eigenvalue weighted by Crippen LogP contribution is 2.27. The maximum Gasteiger partial charge on any atom is 0.141 e. The summed E-state index contributed by atoms with van der Waals surface area (Å²) in [6.07, 6.45) is 0. The lowest BCUT2D eigenvalue weighted by Crippen LogP contribution is -2.22. The molecule has 4 heteroatoms. The molecule has 0 amide bonds. The van der Waals surface area contributed by atoms with Crippen LogP contribution in [-0.2, 0) is 0 Å². The number of benzene rings is 2. The van der Waals surface area contributed by atoms with Crippen molar-refractivity contribution in [1.82, 2.24) is 5.32 Å². The van der Waals surface area contributed by atoms with Gasteiger partial charge in [-0.05, 0) is 48.4 Å². The van der Waals surface area contributed by atoms with Gasteiger partial charge in [0.15, 0.2) is 0 Å². The highest BCUT2D eigenvalue weighted by atomic mass is 35.5. The monoisotopic (exact) mass is 295 g/mol. The SMILES string of the molecule is CCNC(c1ccc(C)c(F)c1)c1ccc(F)c(Cl)c1. The first-order valence-corrected chi connectivity index (χ1v) is 6.85. The molecule has 20 heavy (non-hydrogen) atoms. The minimum Gasteiger partial charge on any atom is -0.307 e. The van der Waals surface area contributed by atoms with E-state index in [-0.39, 0.29) is 16.9 Å². The fourth-order valence-electron chi connectivity index (χ4n) is 2.11. The maximum absolute atomic E-state index is 13.7. The molecule has 0 aliphatic rings. The fraction of sp³-hybridized carbons (Fsp3) is 0.250. The number of halogens is 3. The molecule has 106 valence electrons. The van der Waals surface area contributed by atoms with Crippen LogP contribution >= 0.6 is 11.6 Å². The molecule has 0 bridgehead atoms. The van der Waals surface area contributed by atoms with Crippen LogP contribution in [0.3, 0.4) is 0 Å². The number of hydrogen-bond donors (Lipinski definition) is 1. The van der Waals surface area contributed by atoms with Crippen LogP contribution in [0.5, 0.6) is 0 Å². The zero-order valence-corrected chi connectivity index (χ0v) is 12.1. The van der Waals surface area contributed by atoms with E-state index in [9.17, 15) is 8.78 Å². The summed E-state index contributed by atoms with van der Waals surface area (Å²) in [5.74, 6) is -0.709. The van der Waals surface area contributed by atoms with Crippen molar-refractivity contribution in [3.8, 4) is 0 Å². The van der Waals surface area contributed by atoms with E-state index in [1.54, 1.807) is 25.1 Å². The molecular formula is C16H16ClF2N. The number of hydrogen-bond acceptors (Lipinski definition) is 1. The predicted octanol–water partition coefficient (Wildman–Crippen LogP) is 4.63. The lowest BCUT2D eigenvalue weighted by Gasteiger charge is -2.20. The molecule has 2 aromatic carbocycles. The third-order valence-electron chi connectivity index (χ3n) is 3.21. The van der Waals surface area contributed by atoms with Crippen molar-refractivity contribution in [2.24, 2.45) is 0 Å². The van der Waals surface area contributed by atoms with E-state index in [1.807, 2.05) is 13.0 Å². The molecule has 1 unspecified atom stereocenters. The second-order valence-corrected chi connectivity index (χ2v) is 5.08. The second-order valence-electron chi connectivity index (χ2n) is 4.67. The molecule has 0 saturated carbocycles. The van der Waals surface area contributed by atoms with Crippen molar-refractivity contribution in [3.05, 3.63) is 69.7 Å². The first kappa shape index (κ1) is 14.9. The lowest BCUT2D eigenvalue weighted by atomic mass is 9.97. The molecule has 0 spiro atoms. The molecular weight excluding hydrogens is 280 g/mol. The van der Waals surface area contributed by atoms with Gasteiger partial charge >= 0.3 is 0 Å². The van der Waals surface area contributed by atoms with Crippen molar-refractivity contribution in [2.75, 3.05) is 6.54 Å². The minimum atomic E-state index is -0.458. The van der Waals surface area contributed by atoms with Gasteiger partial charge in [-0.2, -0.15) is 0 Å². The van der Waals surface area contributed by atoms with Gasteiger partial charge in [0, 0.05) is 0 Å². The van der Waals surface area contributed by atoms with E-state index in [2.05, 4.69) is 5.32 Å². The number of aryl methyl sites for hydroxylation is 1. The second kappa shape index (κ2) is 6.33. The Morgan fingerprint density at radius 3 is 2.30 bits per heavy atom. The topological polar surface area (TPSA) is 12.0 Å². The standard InChI is InChI=1S/C16H16ClF2N/c1-3-20-16(11-6-7-14(18)13(17)8-11)12-5-4-10(2)15(19)9-12/h4-9,16,20H,3H2,1-2H3. The Labute approximate surface area is 122 Å². The van der Waals surface area contributed by atoms with E-state index in [0.717, 1.165) is 11.1 Å². The van der Waals surface area contributed by atoms with Crippen LogP contribution in [0, 0.1) is 18.6 Å². The van der Waals surface area contributed by atoms with E-state index in [4.69, 9.17) is 11.6 Å². The Hall–Kier alpha value is -1.45. The predicted molar refractivity (Wildman–Crippen MR) is 78.1 cm³/mol. The van der Waals surface area contributed by atoms with Crippen molar-refractivity contribution in [1.29, 1.82) is 0 Å². The number of nitrogens with one attached hydrogen (secondary N) is 1. The molecule has 0 aliphatic carbocycles. The third-order valence-corrected chi connectivity index (χ3v) is 3.50. The van der Waals surface area contributed by atoms with Gasteiger partial charge in [-0.1, -0.05) is 36.7 Å². The van der Waals surface area contributed by atoms with E-state index >= 15 is 0 Å². The quantitative estimate of drug-likeness (QED) is 0.867. The summed E-state index contributed by atoms with van der Waals surface area (Å²) in [5.41, 5.74) is 2.19. The van der Waals surface area contributed by atoms with Crippen molar-refractivity contribution >= 4 is 11.6 Å².